The highest BCUT2D eigenvalue weighted by molar-refractivity contribution is 14.1. The van der Waals surface area contributed by atoms with Crippen molar-refractivity contribution in [3.63, 3.8) is 0 Å². The molecule has 7 heteroatoms. The summed E-state index contributed by atoms with van der Waals surface area (Å²) < 4.78 is 7.50. The zero-order chi connectivity index (χ0) is 13.9. The van der Waals surface area contributed by atoms with Crippen LogP contribution < -0.4 is 5.32 Å². The third-order valence-corrected chi connectivity index (χ3v) is 4.56. The summed E-state index contributed by atoms with van der Waals surface area (Å²) >= 11 is 5.80. The molecule has 0 spiro atoms. The highest BCUT2D eigenvalue weighted by Crippen LogP contribution is 2.28. The van der Waals surface area contributed by atoms with Gasteiger partial charge < -0.3 is 9.84 Å². The Balaban J connectivity index is 1.77. The van der Waals surface area contributed by atoms with Gasteiger partial charge in [0.25, 0.3) is 5.89 Å². The van der Waals surface area contributed by atoms with Crippen LogP contribution in [0, 0.1) is 3.57 Å². The molecule has 0 radical (unpaired) electrons. The third-order valence-electron chi connectivity index (χ3n) is 3.20. The van der Waals surface area contributed by atoms with Crippen molar-refractivity contribution in [3.05, 3.63) is 32.1 Å². The second kappa shape index (κ2) is 6.50. The molecule has 0 saturated carbocycles. The van der Waals surface area contributed by atoms with Crippen LogP contribution in [0.15, 0.2) is 27.2 Å². The molecule has 0 bridgehead atoms. The molecule has 106 valence electrons. The van der Waals surface area contributed by atoms with E-state index in [1.54, 1.807) is 0 Å². The molecule has 1 aromatic carbocycles. The van der Waals surface area contributed by atoms with Crippen LogP contribution in [0.5, 0.6) is 0 Å². The summed E-state index contributed by atoms with van der Waals surface area (Å²) in [7, 11) is 0. The summed E-state index contributed by atoms with van der Waals surface area (Å²) in [5.74, 6) is 1.31. The first-order valence-corrected chi connectivity index (χ1v) is 8.30. The van der Waals surface area contributed by atoms with Crippen molar-refractivity contribution in [2.24, 2.45) is 0 Å². The second-order valence-electron chi connectivity index (χ2n) is 4.67. The lowest BCUT2D eigenvalue weighted by molar-refractivity contribution is 0.225. The first-order valence-electron chi connectivity index (χ1n) is 6.43. The number of aromatic nitrogens is 2. The summed E-state index contributed by atoms with van der Waals surface area (Å²) in [6.45, 7) is 4.83. The highest BCUT2D eigenvalue weighted by Gasteiger charge is 2.16. The predicted octanol–water partition coefficient (Wildman–Crippen LogP) is 2.51. The van der Waals surface area contributed by atoms with Gasteiger partial charge in [0.1, 0.15) is 0 Å². The molecule has 1 fully saturated rings. The van der Waals surface area contributed by atoms with E-state index in [1.807, 2.05) is 18.2 Å². The van der Waals surface area contributed by atoms with Gasteiger partial charge in [-0.2, -0.15) is 4.98 Å². The first-order chi connectivity index (χ1) is 9.72. The van der Waals surface area contributed by atoms with Gasteiger partial charge >= 0.3 is 0 Å². The fraction of sp³-hybridized carbons (Fsp3) is 0.385. The number of nitrogens with zero attached hydrogens (tertiary/aromatic N) is 3. The lowest BCUT2D eigenvalue weighted by Crippen LogP contribution is -2.43. The maximum Gasteiger partial charge on any atom is 0.259 e. The van der Waals surface area contributed by atoms with Crippen molar-refractivity contribution in [2.75, 3.05) is 26.2 Å². The largest absolute Gasteiger partial charge is 0.334 e. The first kappa shape index (κ1) is 14.4. The summed E-state index contributed by atoms with van der Waals surface area (Å²) in [6, 6.07) is 6.07. The number of halogens is 2. The Labute approximate surface area is 139 Å². The minimum Gasteiger partial charge on any atom is -0.334 e. The summed E-state index contributed by atoms with van der Waals surface area (Å²) in [6.07, 6.45) is 0. The molecule has 2 aromatic rings. The Morgan fingerprint density at radius 1 is 1.35 bits per heavy atom. The molecule has 1 aliphatic heterocycles. The van der Waals surface area contributed by atoms with Gasteiger partial charge in [-0.05, 0) is 56.7 Å². The van der Waals surface area contributed by atoms with Crippen molar-refractivity contribution >= 4 is 38.5 Å². The van der Waals surface area contributed by atoms with E-state index >= 15 is 0 Å². The number of benzene rings is 1. The van der Waals surface area contributed by atoms with E-state index < -0.39 is 0 Å². The van der Waals surface area contributed by atoms with Crippen LogP contribution in [-0.2, 0) is 6.54 Å². The van der Waals surface area contributed by atoms with E-state index in [9.17, 15) is 0 Å². The number of piperazine rings is 1. The molecule has 0 aliphatic carbocycles. The zero-order valence-corrected chi connectivity index (χ0v) is 14.5. The van der Waals surface area contributed by atoms with Crippen molar-refractivity contribution in [1.29, 1.82) is 0 Å². The standard InChI is InChI=1S/C13H14BrIN4O/c14-11-2-1-9(15)7-10(11)13-17-12(18-20-13)8-19-5-3-16-4-6-19/h1-2,7,16H,3-6,8H2. The van der Waals surface area contributed by atoms with Gasteiger partial charge in [-0.3, -0.25) is 4.90 Å². The number of hydrogen-bond acceptors (Lipinski definition) is 5. The van der Waals surface area contributed by atoms with E-state index in [0.29, 0.717) is 5.89 Å². The van der Waals surface area contributed by atoms with E-state index in [0.717, 1.165) is 52.2 Å². The minimum absolute atomic E-state index is 0.570. The van der Waals surface area contributed by atoms with E-state index in [4.69, 9.17) is 4.52 Å². The fourth-order valence-electron chi connectivity index (χ4n) is 2.16. The van der Waals surface area contributed by atoms with Crippen molar-refractivity contribution in [1.82, 2.24) is 20.4 Å². The van der Waals surface area contributed by atoms with Crippen LogP contribution in [0.2, 0.25) is 0 Å². The summed E-state index contributed by atoms with van der Waals surface area (Å²) in [4.78, 5) is 6.83. The Kier molecular flexibility index (Phi) is 4.69. The highest BCUT2D eigenvalue weighted by atomic mass is 127. The van der Waals surface area contributed by atoms with Crippen molar-refractivity contribution in [2.45, 2.75) is 6.54 Å². The van der Waals surface area contributed by atoms with Crippen molar-refractivity contribution < 1.29 is 4.52 Å². The summed E-state index contributed by atoms with van der Waals surface area (Å²) in [5.41, 5.74) is 0.941. The molecule has 0 unspecified atom stereocenters. The fourth-order valence-corrected chi connectivity index (χ4v) is 3.07. The van der Waals surface area contributed by atoms with Gasteiger partial charge in [0.2, 0.25) is 0 Å². The van der Waals surface area contributed by atoms with Crippen LogP contribution in [0.1, 0.15) is 5.82 Å². The molecule has 1 N–H and O–H groups in total. The molecule has 1 saturated heterocycles. The van der Waals surface area contributed by atoms with Gasteiger partial charge in [0.15, 0.2) is 5.82 Å². The number of nitrogens with one attached hydrogen (secondary N) is 1. The second-order valence-corrected chi connectivity index (χ2v) is 6.77. The van der Waals surface area contributed by atoms with Gasteiger partial charge in [-0.25, -0.2) is 0 Å². The monoisotopic (exact) mass is 448 g/mol. The summed E-state index contributed by atoms with van der Waals surface area (Å²) in [5, 5.41) is 7.42. The van der Waals surface area contributed by atoms with Crippen LogP contribution in [-0.4, -0.2) is 41.2 Å². The van der Waals surface area contributed by atoms with Gasteiger partial charge in [-0.15, -0.1) is 0 Å². The van der Waals surface area contributed by atoms with Gasteiger partial charge in [0, 0.05) is 34.2 Å². The molecule has 1 aliphatic rings. The Morgan fingerprint density at radius 3 is 2.95 bits per heavy atom. The van der Waals surface area contributed by atoms with E-state index in [-0.39, 0.29) is 0 Å². The number of rotatable bonds is 3. The van der Waals surface area contributed by atoms with Crippen LogP contribution in [0.4, 0.5) is 0 Å². The van der Waals surface area contributed by atoms with E-state index in [1.165, 1.54) is 0 Å². The molecule has 3 rings (SSSR count). The van der Waals surface area contributed by atoms with Crippen LogP contribution >= 0.6 is 38.5 Å². The zero-order valence-electron chi connectivity index (χ0n) is 10.8. The maximum absolute atomic E-state index is 5.39. The molecule has 20 heavy (non-hydrogen) atoms. The molecular formula is C13H14BrIN4O. The molecule has 5 nitrogen and oxygen atoms in total. The normalized spacial score (nSPS) is 16.5. The van der Waals surface area contributed by atoms with E-state index in [2.05, 4.69) is 58.9 Å². The van der Waals surface area contributed by atoms with Crippen molar-refractivity contribution in [3.8, 4) is 11.5 Å². The Morgan fingerprint density at radius 2 is 2.15 bits per heavy atom. The topological polar surface area (TPSA) is 54.2 Å². The minimum atomic E-state index is 0.570. The van der Waals surface area contributed by atoms with Gasteiger partial charge in [-0.1, -0.05) is 5.16 Å². The molecular weight excluding hydrogens is 435 g/mol. The molecule has 0 atom stereocenters. The quantitative estimate of drug-likeness (QED) is 0.731. The maximum atomic E-state index is 5.39. The SMILES string of the molecule is Brc1ccc(I)cc1-c1nc(CN2CCNCC2)no1. The van der Waals surface area contributed by atoms with Gasteiger partial charge in [0.05, 0.1) is 12.1 Å². The lowest BCUT2D eigenvalue weighted by Gasteiger charge is -2.25. The average molecular weight is 449 g/mol. The molecule has 0 amide bonds. The predicted molar refractivity (Wildman–Crippen MR) is 88.3 cm³/mol. The van der Waals surface area contributed by atoms with Crippen LogP contribution in [0.25, 0.3) is 11.5 Å². The average Bonchev–Trinajstić information content (AvgIpc) is 2.91. The third kappa shape index (κ3) is 3.38. The Bertz CT molecular complexity index is 598. The Hall–Kier alpha value is -0.510. The number of hydrogen-bond donors (Lipinski definition) is 1. The van der Waals surface area contributed by atoms with Crippen LogP contribution in [0.3, 0.4) is 0 Å². The smallest absolute Gasteiger partial charge is 0.259 e. The molecule has 1 aromatic heterocycles. The lowest BCUT2D eigenvalue weighted by atomic mass is 10.2. The molecule has 2 heterocycles.